The molecule has 0 amide bonds. The van der Waals surface area contributed by atoms with E-state index in [-0.39, 0.29) is 0 Å². The zero-order valence-electron chi connectivity index (χ0n) is 10.9. The molecule has 1 fully saturated rings. The predicted molar refractivity (Wildman–Crippen MR) is 74.0 cm³/mol. The summed E-state index contributed by atoms with van der Waals surface area (Å²) in [5, 5.41) is 0. The van der Waals surface area contributed by atoms with Crippen molar-refractivity contribution in [2.24, 2.45) is 5.73 Å². The van der Waals surface area contributed by atoms with Gasteiger partial charge in [0, 0.05) is 16.2 Å². The largest absolute Gasteiger partial charge is 0.496 e. The molecule has 1 aliphatic carbocycles. The van der Waals surface area contributed by atoms with Crippen LogP contribution in [0.2, 0.25) is 0 Å². The molecule has 0 radical (unpaired) electrons. The number of hydrogen-bond acceptors (Lipinski definition) is 3. The van der Waals surface area contributed by atoms with Gasteiger partial charge < -0.3 is 10.5 Å². The van der Waals surface area contributed by atoms with Gasteiger partial charge in [-0.1, -0.05) is 6.42 Å². The molecule has 1 aromatic rings. The molecule has 0 aromatic heterocycles. The molecule has 0 bridgehead atoms. The highest BCUT2D eigenvalue weighted by molar-refractivity contribution is 8.00. The van der Waals surface area contributed by atoms with E-state index in [0.29, 0.717) is 4.75 Å². The second-order valence-electron chi connectivity index (χ2n) is 4.93. The van der Waals surface area contributed by atoms with Crippen LogP contribution in [0, 0.1) is 13.8 Å². The van der Waals surface area contributed by atoms with Crippen molar-refractivity contribution < 1.29 is 4.74 Å². The fourth-order valence-electron chi connectivity index (χ4n) is 2.25. The van der Waals surface area contributed by atoms with E-state index in [1.54, 1.807) is 7.11 Å². The number of hydrogen-bond donors (Lipinski definition) is 1. The zero-order chi connectivity index (χ0) is 12.5. The first kappa shape index (κ1) is 12.8. The van der Waals surface area contributed by atoms with Gasteiger partial charge in [-0.2, -0.15) is 0 Å². The van der Waals surface area contributed by atoms with E-state index in [1.165, 1.54) is 35.3 Å². The molecule has 0 heterocycles. The van der Waals surface area contributed by atoms with Gasteiger partial charge in [0.15, 0.2) is 0 Å². The van der Waals surface area contributed by atoms with Crippen LogP contribution in [-0.4, -0.2) is 18.4 Å². The first-order valence-corrected chi connectivity index (χ1v) is 6.96. The standard InChI is InChI=1S/C14H21NOS/c1-10-8-13(11(2)7-12(10)16-3)17-14(9-15)5-4-6-14/h7-8H,4-6,9,15H2,1-3H3. The summed E-state index contributed by atoms with van der Waals surface area (Å²) in [6.07, 6.45) is 3.82. The van der Waals surface area contributed by atoms with Gasteiger partial charge in [0.25, 0.3) is 0 Å². The molecular formula is C14H21NOS. The van der Waals surface area contributed by atoms with Gasteiger partial charge in [-0.3, -0.25) is 0 Å². The summed E-state index contributed by atoms with van der Waals surface area (Å²) >= 11 is 1.96. The number of aryl methyl sites for hydroxylation is 2. The average Bonchev–Trinajstić information content (AvgIpc) is 2.27. The smallest absolute Gasteiger partial charge is 0.122 e. The zero-order valence-corrected chi connectivity index (χ0v) is 11.7. The van der Waals surface area contributed by atoms with Crippen molar-refractivity contribution in [3.05, 3.63) is 23.3 Å². The summed E-state index contributed by atoms with van der Waals surface area (Å²) in [6.45, 7) is 5.02. The Hall–Kier alpha value is -0.670. The maximum atomic E-state index is 5.92. The Morgan fingerprint density at radius 3 is 2.47 bits per heavy atom. The molecule has 0 spiro atoms. The van der Waals surface area contributed by atoms with E-state index in [1.807, 2.05) is 11.8 Å². The molecule has 2 N–H and O–H groups in total. The SMILES string of the molecule is COc1cc(C)c(SC2(CN)CCC2)cc1C. The van der Waals surface area contributed by atoms with Gasteiger partial charge in [0.2, 0.25) is 0 Å². The minimum Gasteiger partial charge on any atom is -0.496 e. The maximum absolute atomic E-state index is 5.92. The van der Waals surface area contributed by atoms with Crippen molar-refractivity contribution in [2.75, 3.05) is 13.7 Å². The summed E-state index contributed by atoms with van der Waals surface area (Å²) < 4.78 is 5.64. The Morgan fingerprint density at radius 2 is 2.00 bits per heavy atom. The fourth-order valence-corrected chi connectivity index (χ4v) is 3.74. The number of nitrogens with two attached hydrogens (primary N) is 1. The number of thioether (sulfide) groups is 1. The summed E-state index contributed by atoms with van der Waals surface area (Å²) in [5.74, 6) is 0.974. The maximum Gasteiger partial charge on any atom is 0.122 e. The molecule has 17 heavy (non-hydrogen) atoms. The van der Waals surface area contributed by atoms with Crippen molar-refractivity contribution in [1.29, 1.82) is 0 Å². The topological polar surface area (TPSA) is 35.2 Å². The van der Waals surface area contributed by atoms with Crippen LogP contribution in [0.25, 0.3) is 0 Å². The van der Waals surface area contributed by atoms with Crippen LogP contribution in [0.5, 0.6) is 5.75 Å². The molecule has 0 unspecified atom stereocenters. The van der Waals surface area contributed by atoms with Gasteiger partial charge in [-0.15, -0.1) is 11.8 Å². The van der Waals surface area contributed by atoms with Crippen LogP contribution < -0.4 is 10.5 Å². The van der Waals surface area contributed by atoms with Crippen LogP contribution in [0.3, 0.4) is 0 Å². The lowest BCUT2D eigenvalue weighted by Gasteiger charge is -2.40. The van der Waals surface area contributed by atoms with Crippen molar-refractivity contribution in [3.8, 4) is 5.75 Å². The van der Waals surface area contributed by atoms with E-state index < -0.39 is 0 Å². The highest BCUT2D eigenvalue weighted by atomic mass is 32.2. The molecule has 94 valence electrons. The summed E-state index contributed by atoms with van der Waals surface area (Å²) in [4.78, 5) is 1.36. The minimum absolute atomic E-state index is 0.297. The second-order valence-corrected chi connectivity index (χ2v) is 6.44. The van der Waals surface area contributed by atoms with Crippen molar-refractivity contribution in [3.63, 3.8) is 0 Å². The molecule has 1 aliphatic rings. The Bertz CT molecular complexity index is 407. The molecule has 0 atom stereocenters. The van der Waals surface area contributed by atoms with E-state index in [2.05, 4.69) is 26.0 Å². The van der Waals surface area contributed by atoms with Crippen molar-refractivity contribution in [2.45, 2.75) is 42.8 Å². The third kappa shape index (κ3) is 2.45. The summed E-state index contributed by atoms with van der Waals surface area (Å²) in [5.41, 5.74) is 8.41. The molecule has 2 rings (SSSR count). The molecule has 0 saturated heterocycles. The van der Waals surface area contributed by atoms with Gasteiger partial charge in [0.1, 0.15) is 5.75 Å². The highest BCUT2D eigenvalue weighted by Gasteiger charge is 2.37. The van der Waals surface area contributed by atoms with E-state index in [0.717, 1.165) is 12.3 Å². The van der Waals surface area contributed by atoms with Crippen LogP contribution in [-0.2, 0) is 0 Å². The lowest BCUT2D eigenvalue weighted by atomic mass is 9.84. The van der Waals surface area contributed by atoms with Crippen LogP contribution in [0.15, 0.2) is 17.0 Å². The van der Waals surface area contributed by atoms with E-state index in [4.69, 9.17) is 10.5 Å². The first-order chi connectivity index (χ1) is 8.10. The van der Waals surface area contributed by atoms with Crippen LogP contribution in [0.4, 0.5) is 0 Å². The number of benzene rings is 1. The van der Waals surface area contributed by atoms with Gasteiger partial charge >= 0.3 is 0 Å². The Morgan fingerprint density at radius 1 is 1.29 bits per heavy atom. The number of rotatable bonds is 4. The number of ether oxygens (including phenoxy) is 1. The van der Waals surface area contributed by atoms with Crippen molar-refractivity contribution >= 4 is 11.8 Å². The number of methoxy groups -OCH3 is 1. The lowest BCUT2D eigenvalue weighted by Crippen LogP contribution is -2.41. The third-order valence-electron chi connectivity index (χ3n) is 3.66. The van der Waals surface area contributed by atoms with Crippen LogP contribution >= 0.6 is 11.8 Å². The van der Waals surface area contributed by atoms with Crippen molar-refractivity contribution in [1.82, 2.24) is 0 Å². The Labute approximate surface area is 108 Å². The molecule has 2 nitrogen and oxygen atoms in total. The van der Waals surface area contributed by atoms with E-state index >= 15 is 0 Å². The Balaban J connectivity index is 2.24. The summed E-state index contributed by atoms with van der Waals surface area (Å²) in [6, 6.07) is 4.36. The summed E-state index contributed by atoms with van der Waals surface area (Å²) in [7, 11) is 1.72. The minimum atomic E-state index is 0.297. The quantitative estimate of drug-likeness (QED) is 0.892. The van der Waals surface area contributed by atoms with Crippen LogP contribution in [0.1, 0.15) is 30.4 Å². The fraction of sp³-hybridized carbons (Fsp3) is 0.571. The molecule has 1 aromatic carbocycles. The second kappa shape index (κ2) is 4.91. The van der Waals surface area contributed by atoms with Gasteiger partial charge in [0.05, 0.1) is 7.11 Å². The molecule has 1 saturated carbocycles. The highest BCUT2D eigenvalue weighted by Crippen LogP contribution is 2.48. The monoisotopic (exact) mass is 251 g/mol. The third-order valence-corrected chi connectivity index (χ3v) is 5.32. The van der Waals surface area contributed by atoms with Gasteiger partial charge in [-0.25, -0.2) is 0 Å². The molecular weight excluding hydrogens is 230 g/mol. The van der Waals surface area contributed by atoms with Gasteiger partial charge in [-0.05, 0) is 49.9 Å². The lowest BCUT2D eigenvalue weighted by molar-refractivity contribution is 0.371. The molecule has 3 heteroatoms. The Kier molecular flexibility index (Phi) is 3.69. The van der Waals surface area contributed by atoms with E-state index in [9.17, 15) is 0 Å². The normalized spacial score (nSPS) is 17.6. The predicted octanol–water partition coefficient (Wildman–Crippen LogP) is 3.29. The molecule has 0 aliphatic heterocycles. The first-order valence-electron chi connectivity index (χ1n) is 6.14. The average molecular weight is 251 g/mol.